The van der Waals surface area contributed by atoms with Crippen molar-refractivity contribution in [2.45, 2.75) is 13.8 Å². The summed E-state index contributed by atoms with van der Waals surface area (Å²) in [6, 6.07) is 3.48. The number of hydrogen-bond acceptors (Lipinski definition) is 0. The van der Waals surface area contributed by atoms with Crippen LogP contribution in [0.2, 0.25) is 0 Å². The molecule has 0 spiro atoms. The fourth-order valence-corrected chi connectivity index (χ4v) is 0.975. The summed E-state index contributed by atoms with van der Waals surface area (Å²) in [4.78, 5) is 0. The Morgan fingerprint density at radius 1 is 1.08 bits per heavy atom. The highest BCUT2D eigenvalue weighted by atomic mass is 19.1. The van der Waals surface area contributed by atoms with Gasteiger partial charge in [0, 0.05) is 6.07 Å². The van der Waals surface area contributed by atoms with E-state index in [0.717, 1.165) is 6.07 Å². The molecular weight excluding hydrogens is 170 g/mol. The van der Waals surface area contributed by atoms with Crippen molar-refractivity contribution < 1.29 is 8.78 Å². The highest BCUT2D eigenvalue weighted by Crippen LogP contribution is 2.10. The Bertz CT molecular complexity index is 294. The molecule has 0 heterocycles. The van der Waals surface area contributed by atoms with Crippen LogP contribution < -0.4 is 0 Å². The molecule has 0 N–H and O–H groups in total. The van der Waals surface area contributed by atoms with Crippen LogP contribution in [0.3, 0.4) is 0 Å². The second kappa shape index (κ2) is 4.17. The normalized spacial score (nSPS) is 11.5. The van der Waals surface area contributed by atoms with Crippen LogP contribution in [0.25, 0.3) is 6.08 Å². The predicted molar refractivity (Wildman–Crippen MR) is 50.2 cm³/mol. The molecular formula is C11H12F2. The molecule has 1 rings (SSSR count). The molecule has 1 aromatic carbocycles. The number of benzene rings is 1. The quantitative estimate of drug-likeness (QED) is 0.655. The molecule has 0 bridgehead atoms. The molecule has 0 aromatic heterocycles. The first-order valence-corrected chi connectivity index (χ1v) is 4.22. The number of rotatable bonds is 2. The molecule has 0 saturated carbocycles. The van der Waals surface area contributed by atoms with Crippen LogP contribution in [0.1, 0.15) is 19.4 Å². The Hall–Kier alpha value is -1.18. The van der Waals surface area contributed by atoms with Gasteiger partial charge >= 0.3 is 0 Å². The van der Waals surface area contributed by atoms with Crippen molar-refractivity contribution in [2.75, 3.05) is 0 Å². The van der Waals surface area contributed by atoms with E-state index in [-0.39, 0.29) is 0 Å². The second-order valence-corrected chi connectivity index (χ2v) is 3.31. The summed E-state index contributed by atoms with van der Waals surface area (Å²) in [5.41, 5.74) is 0.561. The van der Waals surface area contributed by atoms with E-state index in [9.17, 15) is 8.78 Å². The van der Waals surface area contributed by atoms with E-state index in [4.69, 9.17) is 0 Å². The van der Waals surface area contributed by atoms with Crippen molar-refractivity contribution in [1.29, 1.82) is 0 Å². The zero-order valence-corrected chi connectivity index (χ0v) is 7.72. The van der Waals surface area contributed by atoms with E-state index in [1.54, 1.807) is 6.08 Å². The van der Waals surface area contributed by atoms with Crippen LogP contribution in [0.5, 0.6) is 0 Å². The zero-order chi connectivity index (χ0) is 9.84. The third-order valence-electron chi connectivity index (χ3n) is 1.56. The average Bonchev–Trinajstić information content (AvgIpc) is 1.99. The summed E-state index contributed by atoms with van der Waals surface area (Å²) < 4.78 is 25.4. The van der Waals surface area contributed by atoms with Gasteiger partial charge in [-0.1, -0.05) is 26.0 Å². The molecule has 0 aliphatic heterocycles. The molecule has 0 unspecified atom stereocenters. The van der Waals surface area contributed by atoms with Crippen LogP contribution in [0.15, 0.2) is 24.3 Å². The monoisotopic (exact) mass is 182 g/mol. The van der Waals surface area contributed by atoms with E-state index in [1.165, 1.54) is 12.1 Å². The van der Waals surface area contributed by atoms with Crippen molar-refractivity contribution in [3.05, 3.63) is 41.5 Å². The molecule has 70 valence electrons. The Morgan fingerprint density at radius 2 is 1.62 bits per heavy atom. The Labute approximate surface area is 76.9 Å². The van der Waals surface area contributed by atoms with E-state index in [2.05, 4.69) is 0 Å². The van der Waals surface area contributed by atoms with Crippen LogP contribution in [0.4, 0.5) is 8.78 Å². The molecule has 1 aromatic rings. The van der Waals surface area contributed by atoms with Gasteiger partial charge in [0.05, 0.1) is 0 Å². The molecule has 0 nitrogen and oxygen atoms in total. The maximum absolute atomic E-state index is 12.7. The minimum atomic E-state index is -0.539. The lowest BCUT2D eigenvalue weighted by Gasteiger charge is -1.97. The van der Waals surface area contributed by atoms with Crippen LogP contribution in [-0.4, -0.2) is 0 Å². The fourth-order valence-electron chi connectivity index (χ4n) is 0.975. The molecule has 0 atom stereocenters. The lowest BCUT2D eigenvalue weighted by atomic mass is 10.1. The Morgan fingerprint density at radius 3 is 2.08 bits per heavy atom. The first kappa shape index (κ1) is 9.90. The van der Waals surface area contributed by atoms with E-state index < -0.39 is 11.6 Å². The number of hydrogen-bond donors (Lipinski definition) is 0. The third-order valence-corrected chi connectivity index (χ3v) is 1.56. The summed E-state index contributed by atoms with van der Waals surface area (Å²) in [6.07, 6.45) is 3.62. The van der Waals surface area contributed by atoms with Gasteiger partial charge in [-0.2, -0.15) is 0 Å². The van der Waals surface area contributed by atoms with Gasteiger partial charge in [-0.05, 0) is 23.6 Å². The highest BCUT2D eigenvalue weighted by molar-refractivity contribution is 5.49. The van der Waals surface area contributed by atoms with E-state index in [1.807, 2.05) is 19.9 Å². The highest BCUT2D eigenvalue weighted by Gasteiger charge is 1.97. The second-order valence-electron chi connectivity index (χ2n) is 3.31. The summed E-state index contributed by atoms with van der Waals surface area (Å²) in [7, 11) is 0. The number of halogens is 2. The zero-order valence-electron chi connectivity index (χ0n) is 7.72. The first-order chi connectivity index (χ1) is 6.08. The van der Waals surface area contributed by atoms with Gasteiger partial charge in [-0.25, -0.2) is 8.78 Å². The van der Waals surface area contributed by atoms with E-state index in [0.29, 0.717) is 11.5 Å². The average molecular weight is 182 g/mol. The van der Waals surface area contributed by atoms with Gasteiger partial charge in [0.2, 0.25) is 0 Å². The van der Waals surface area contributed by atoms with Crippen molar-refractivity contribution in [3.63, 3.8) is 0 Å². The molecule has 13 heavy (non-hydrogen) atoms. The van der Waals surface area contributed by atoms with Gasteiger partial charge < -0.3 is 0 Å². The lowest BCUT2D eigenvalue weighted by Crippen LogP contribution is -1.83. The summed E-state index contributed by atoms with van der Waals surface area (Å²) in [5.74, 6) is -0.696. The van der Waals surface area contributed by atoms with Crippen molar-refractivity contribution in [2.24, 2.45) is 5.92 Å². The maximum Gasteiger partial charge on any atom is 0.126 e. The maximum atomic E-state index is 12.7. The molecule has 0 aliphatic rings. The van der Waals surface area contributed by atoms with Crippen molar-refractivity contribution >= 4 is 6.08 Å². The third kappa shape index (κ3) is 3.36. The van der Waals surface area contributed by atoms with Gasteiger partial charge in [0.15, 0.2) is 0 Å². The molecule has 0 fully saturated rings. The minimum absolute atomic E-state index is 0.381. The van der Waals surface area contributed by atoms with Crippen LogP contribution in [0, 0.1) is 17.6 Å². The summed E-state index contributed by atoms with van der Waals surface area (Å²) >= 11 is 0. The van der Waals surface area contributed by atoms with Crippen LogP contribution in [-0.2, 0) is 0 Å². The Balaban J connectivity index is 2.89. The van der Waals surface area contributed by atoms with Gasteiger partial charge in [0.25, 0.3) is 0 Å². The fraction of sp³-hybridized carbons (Fsp3) is 0.273. The molecule has 2 heteroatoms. The molecule has 0 amide bonds. The van der Waals surface area contributed by atoms with E-state index >= 15 is 0 Å². The smallest absolute Gasteiger partial charge is 0.126 e. The lowest BCUT2D eigenvalue weighted by molar-refractivity contribution is 0.583. The topological polar surface area (TPSA) is 0 Å². The summed E-state index contributed by atoms with van der Waals surface area (Å²) in [5, 5.41) is 0. The van der Waals surface area contributed by atoms with Gasteiger partial charge in [-0.3, -0.25) is 0 Å². The summed E-state index contributed by atoms with van der Waals surface area (Å²) in [6.45, 7) is 4.01. The molecule has 0 aliphatic carbocycles. The minimum Gasteiger partial charge on any atom is -0.207 e. The largest absolute Gasteiger partial charge is 0.207 e. The molecule has 0 saturated heterocycles. The standard InChI is InChI=1S/C11H12F2/c1-8(2)3-4-9-5-10(12)7-11(13)6-9/h3-8H,1-2H3/b4-3+. The SMILES string of the molecule is CC(C)/C=C/c1cc(F)cc(F)c1. The van der Waals surface area contributed by atoms with Crippen LogP contribution >= 0.6 is 0 Å². The predicted octanol–water partition coefficient (Wildman–Crippen LogP) is 3.63. The first-order valence-electron chi connectivity index (χ1n) is 4.22. The number of allylic oxidation sites excluding steroid dienone is 1. The van der Waals surface area contributed by atoms with Gasteiger partial charge in [0.1, 0.15) is 11.6 Å². The molecule has 0 radical (unpaired) electrons. The van der Waals surface area contributed by atoms with Crippen molar-refractivity contribution in [1.82, 2.24) is 0 Å². The van der Waals surface area contributed by atoms with Gasteiger partial charge in [-0.15, -0.1) is 0 Å². The van der Waals surface area contributed by atoms with Crippen molar-refractivity contribution in [3.8, 4) is 0 Å². The Kier molecular flexibility index (Phi) is 3.18.